The number of hydrogen-bond donors (Lipinski definition) is 1. The van der Waals surface area contributed by atoms with Gasteiger partial charge in [0.05, 0.1) is 10.6 Å². The molecule has 0 aliphatic heterocycles. The van der Waals surface area contributed by atoms with E-state index in [1.165, 1.54) is 17.3 Å². The first-order chi connectivity index (χ1) is 12.7. The predicted molar refractivity (Wildman–Crippen MR) is 108 cm³/mol. The average Bonchev–Trinajstić information content (AvgIpc) is 3.34. The quantitative estimate of drug-likeness (QED) is 0.594. The Hall–Kier alpha value is -2.12. The van der Waals surface area contributed by atoms with Crippen LogP contribution in [0.5, 0.6) is 0 Å². The third kappa shape index (κ3) is 4.53. The first-order valence-corrected chi connectivity index (χ1v) is 10.5. The van der Waals surface area contributed by atoms with Crippen LogP contribution < -0.4 is 5.32 Å². The molecule has 0 saturated heterocycles. The Balaban J connectivity index is 1.53. The van der Waals surface area contributed by atoms with Crippen molar-refractivity contribution in [3.05, 3.63) is 53.4 Å². The third-order valence-corrected chi connectivity index (χ3v) is 5.91. The number of thiophene rings is 1. The van der Waals surface area contributed by atoms with E-state index < -0.39 is 0 Å². The lowest BCUT2D eigenvalue weighted by atomic mass is 10.0. The number of nitrogens with zero attached hydrogens (tertiary/aromatic N) is 3. The number of aromatic nitrogens is 3. The molecule has 0 bridgehead atoms. The van der Waals surface area contributed by atoms with E-state index in [1.807, 2.05) is 35.7 Å². The lowest BCUT2D eigenvalue weighted by Gasteiger charge is -2.13. The molecule has 1 atom stereocenters. The molecule has 1 amide bonds. The number of benzene rings is 1. The first kappa shape index (κ1) is 18.7. The topological polar surface area (TPSA) is 59.8 Å². The van der Waals surface area contributed by atoms with E-state index in [4.69, 9.17) is 0 Å². The highest BCUT2D eigenvalue weighted by molar-refractivity contribution is 7.99. The maximum absolute atomic E-state index is 12.2. The Morgan fingerprint density at radius 2 is 2.04 bits per heavy atom. The molecule has 1 unspecified atom stereocenters. The van der Waals surface area contributed by atoms with Crippen LogP contribution in [0.4, 0.5) is 0 Å². The summed E-state index contributed by atoms with van der Waals surface area (Å²) >= 11 is 3.07. The van der Waals surface area contributed by atoms with E-state index in [-0.39, 0.29) is 11.8 Å². The molecule has 5 nitrogen and oxygen atoms in total. The predicted octanol–water partition coefficient (Wildman–Crippen LogP) is 4.04. The second kappa shape index (κ2) is 9.00. The second-order valence-electron chi connectivity index (χ2n) is 5.93. The summed E-state index contributed by atoms with van der Waals surface area (Å²) in [6.07, 6.45) is 0. The SMILES string of the molecule is CCn1c(SCC(=O)NCC(C)c2ccccc2)nnc1-c1cccs1. The molecule has 3 aromatic rings. The molecule has 1 aromatic carbocycles. The lowest BCUT2D eigenvalue weighted by Crippen LogP contribution is -2.29. The molecule has 0 fully saturated rings. The van der Waals surface area contributed by atoms with Crippen molar-refractivity contribution >= 4 is 29.0 Å². The van der Waals surface area contributed by atoms with Crippen LogP contribution in [0.3, 0.4) is 0 Å². The summed E-state index contributed by atoms with van der Waals surface area (Å²) in [6, 6.07) is 14.2. The van der Waals surface area contributed by atoms with Crippen molar-refractivity contribution in [1.29, 1.82) is 0 Å². The number of carbonyl (C=O) groups is 1. The summed E-state index contributed by atoms with van der Waals surface area (Å²) in [5.74, 6) is 1.50. The molecule has 136 valence electrons. The molecule has 0 saturated carbocycles. The van der Waals surface area contributed by atoms with Crippen molar-refractivity contribution in [1.82, 2.24) is 20.1 Å². The highest BCUT2D eigenvalue weighted by Crippen LogP contribution is 2.27. The van der Waals surface area contributed by atoms with Crippen LogP contribution in [-0.4, -0.2) is 33.0 Å². The van der Waals surface area contributed by atoms with E-state index in [2.05, 4.69) is 46.1 Å². The Morgan fingerprint density at radius 3 is 2.73 bits per heavy atom. The van der Waals surface area contributed by atoms with Gasteiger partial charge in [0.25, 0.3) is 0 Å². The molecule has 3 rings (SSSR count). The minimum atomic E-state index is 0.0149. The highest BCUT2D eigenvalue weighted by Gasteiger charge is 2.15. The Labute approximate surface area is 161 Å². The van der Waals surface area contributed by atoms with Crippen molar-refractivity contribution in [3.63, 3.8) is 0 Å². The normalized spacial score (nSPS) is 12.1. The fraction of sp³-hybridized carbons (Fsp3) is 0.316. The molecule has 7 heteroatoms. The second-order valence-corrected chi connectivity index (χ2v) is 7.82. The number of hydrogen-bond acceptors (Lipinski definition) is 5. The minimum absolute atomic E-state index is 0.0149. The maximum Gasteiger partial charge on any atom is 0.230 e. The van der Waals surface area contributed by atoms with Gasteiger partial charge in [0.1, 0.15) is 0 Å². The zero-order valence-electron chi connectivity index (χ0n) is 14.9. The molecule has 0 aliphatic carbocycles. The van der Waals surface area contributed by atoms with E-state index >= 15 is 0 Å². The molecule has 1 N–H and O–H groups in total. The number of amides is 1. The van der Waals surface area contributed by atoms with Gasteiger partial charge in [0.15, 0.2) is 11.0 Å². The van der Waals surface area contributed by atoms with Gasteiger partial charge in [-0.3, -0.25) is 4.79 Å². The maximum atomic E-state index is 12.2. The van der Waals surface area contributed by atoms with E-state index in [0.717, 1.165) is 22.4 Å². The van der Waals surface area contributed by atoms with Gasteiger partial charge >= 0.3 is 0 Å². The summed E-state index contributed by atoms with van der Waals surface area (Å²) in [5, 5.41) is 14.4. The summed E-state index contributed by atoms with van der Waals surface area (Å²) in [5.41, 5.74) is 1.23. The third-order valence-electron chi connectivity index (χ3n) is 4.08. The molecule has 2 heterocycles. The number of carbonyl (C=O) groups excluding carboxylic acids is 1. The van der Waals surface area contributed by atoms with Gasteiger partial charge in [0, 0.05) is 13.1 Å². The van der Waals surface area contributed by atoms with Crippen LogP contribution in [0.2, 0.25) is 0 Å². The van der Waals surface area contributed by atoms with Gasteiger partial charge in [-0.2, -0.15) is 0 Å². The van der Waals surface area contributed by atoms with Crippen molar-refractivity contribution < 1.29 is 4.79 Å². The molecular formula is C19H22N4OS2. The van der Waals surface area contributed by atoms with E-state index in [1.54, 1.807) is 11.3 Å². The Morgan fingerprint density at radius 1 is 1.23 bits per heavy atom. The van der Waals surface area contributed by atoms with Crippen LogP contribution in [0, 0.1) is 0 Å². The minimum Gasteiger partial charge on any atom is -0.355 e. The molecule has 2 aromatic heterocycles. The van der Waals surface area contributed by atoms with E-state index in [9.17, 15) is 4.79 Å². The average molecular weight is 387 g/mol. The fourth-order valence-electron chi connectivity index (χ4n) is 2.62. The Bertz CT molecular complexity index is 831. The highest BCUT2D eigenvalue weighted by atomic mass is 32.2. The van der Waals surface area contributed by atoms with Gasteiger partial charge in [-0.05, 0) is 29.9 Å². The van der Waals surface area contributed by atoms with Gasteiger partial charge in [-0.25, -0.2) is 0 Å². The molecule has 26 heavy (non-hydrogen) atoms. The zero-order chi connectivity index (χ0) is 18.4. The fourth-order valence-corrected chi connectivity index (χ4v) is 4.17. The monoisotopic (exact) mass is 386 g/mol. The summed E-state index contributed by atoms with van der Waals surface area (Å²) < 4.78 is 2.05. The zero-order valence-corrected chi connectivity index (χ0v) is 16.5. The van der Waals surface area contributed by atoms with Gasteiger partial charge in [-0.15, -0.1) is 21.5 Å². The summed E-state index contributed by atoms with van der Waals surface area (Å²) in [7, 11) is 0. The van der Waals surface area contributed by atoms with Crippen molar-refractivity contribution in [3.8, 4) is 10.7 Å². The summed E-state index contributed by atoms with van der Waals surface area (Å²) in [6.45, 7) is 5.58. The van der Waals surface area contributed by atoms with Crippen LogP contribution in [0.15, 0.2) is 53.0 Å². The summed E-state index contributed by atoms with van der Waals surface area (Å²) in [4.78, 5) is 13.3. The standard InChI is InChI=1S/C19H22N4OS2/c1-3-23-18(16-10-7-11-25-16)21-22-19(23)26-13-17(24)20-12-14(2)15-8-5-4-6-9-15/h4-11,14H,3,12-13H2,1-2H3,(H,20,24). The van der Waals surface area contributed by atoms with Crippen molar-refractivity contribution in [2.24, 2.45) is 0 Å². The van der Waals surface area contributed by atoms with Gasteiger partial charge in [0.2, 0.25) is 5.91 Å². The number of thioether (sulfide) groups is 1. The number of rotatable bonds is 8. The number of nitrogens with one attached hydrogen (secondary N) is 1. The van der Waals surface area contributed by atoms with Crippen LogP contribution in [-0.2, 0) is 11.3 Å². The smallest absolute Gasteiger partial charge is 0.230 e. The van der Waals surface area contributed by atoms with Gasteiger partial charge < -0.3 is 9.88 Å². The molecule has 0 radical (unpaired) electrons. The lowest BCUT2D eigenvalue weighted by molar-refractivity contribution is -0.118. The van der Waals surface area contributed by atoms with Gasteiger partial charge in [-0.1, -0.05) is 55.1 Å². The molecular weight excluding hydrogens is 364 g/mol. The van der Waals surface area contributed by atoms with Crippen LogP contribution in [0.1, 0.15) is 25.3 Å². The molecule has 0 spiro atoms. The van der Waals surface area contributed by atoms with Crippen LogP contribution >= 0.6 is 23.1 Å². The molecule has 0 aliphatic rings. The first-order valence-electron chi connectivity index (χ1n) is 8.60. The largest absolute Gasteiger partial charge is 0.355 e. The van der Waals surface area contributed by atoms with Crippen molar-refractivity contribution in [2.45, 2.75) is 31.5 Å². The van der Waals surface area contributed by atoms with Crippen molar-refractivity contribution in [2.75, 3.05) is 12.3 Å². The van der Waals surface area contributed by atoms with Crippen LogP contribution in [0.25, 0.3) is 10.7 Å². The van der Waals surface area contributed by atoms with E-state index in [0.29, 0.717) is 12.3 Å². The Kier molecular flexibility index (Phi) is 6.46.